The van der Waals surface area contributed by atoms with Gasteiger partial charge in [-0.3, -0.25) is 0 Å². The van der Waals surface area contributed by atoms with Crippen molar-refractivity contribution >= 4 is 52.2 Å². The van der Waals surface area contributed by atoms with Crippen LogP contribution < -0.4 is 10.6 Å². The van der Waals surface area contributed by atoms with Crippen molar-refractivity contribution in [1.82, 2.24) is 25.1 Å². The zero-order valence-electron chi connectivity index (χ0n) is 15.0. The van der Waals surface area contributed by atoms with Gasteiger partial charge in [-0.25, -0.2) is 14.6 Å². The number of rotatable bonds is 4. The fraction of sp³-hybridized carbons (Fsp3) is 0.211. The zero-order valence-corrected chi connectivity index (χ0v) is 17.4. The summed E-state index contributed by atoms with van der Waals surface area (Å²) in [4.78, 5) is 11.5. The van der Waals surface area contributed by atoms with Crippen molar-refractivity contribution in [3.8, 4) is 5.69 Å². The van der Waals surface area contributed by atoms with E-state index in [-0.39, 0.29) is 24.8 Å². The number of para-hydroxylation sites is 1. The average molecular weight is 435 g/mol. The van der Waals surface area contributed by atoms with Crippen LogP contribution in [0.25, 0.3) is 15.9 Å². The minimum Gasteiger partial charge on any atom is -0.365 e. The molecule has 1 aliphatic heterocycles. The van der Waals surface area contributed by atoms with Crippen molar-refractivity contribution in [3.05, 3.63) is 65.1 Å². The van der Waals surface area contributed by atoms with E-state index < -0.39 is 0 Å². The third-order valence-electron chi connectivity index (χ3n) is 4.70. The smallest absolute Gasteiger partial charge is 0.138 e. The first-order chi connectivity index (χ1) is 12.9. The van der Waals surface area contributed by atoms with E-state index in [1.165, 1.54) is 21.4 Å². The van der Waals surface area contributed by atoms with E-state index in [4.69, 9.17) is 0 Å². The van der Waals surface area contributed by atoms with Crippen LogP contribution >= 0.6 is 36.2 Å². The summed E-state index contributed by atoms with van der Waals surface area (Å²) in [6.45, 7) is 2.62. The second kappa shape index (κ2) is 8.87. The van der Waals surface area contributed by atoms with Crippen LogP contribution in [0.15, 0.2) is 49.1 Å². The summed E-state index contributed by atoms with van der Waals surface area (Å²) in [7, 11) is 0. The van der Waals surface area contributed by atoms with Gasteiger partial charge in [-0.05, 0) is 36.2 Å². The molecule has 0 saturated carbocycles. The molecule has 0 spiro atoms. The van der Waals surface area contributed by atoms with Gasteiger partial charge >= 0.3 is 0 Å². The van der Waals surface area contributed by atoms with Gasteiger partial charge < -0.3 is 10.6 Å². The van der Waals surface area contributed by atoms with Gasteiger partial charge in [-0.15, -0.1) is 36.2 Å². The van der Waals surface area contributed by atoms with Crippen molar-refractivity contribution in [2.75, 3.05) is 11.9 Å². The molecule has 5 rings (SSSR count). The first kappa shape index (κ1) is 20.5. The SMILES string of the molecule is Cl.Cl.c1ccc(-n2cccn2)c(CNc2ncnc3sc4c(c23)CCNC4)c1. The lowest BCUT2D eigenvalue weighted by atomic mass is 10.1. The molecule has 146 valence electrons. The summed E-state index contributed by atoms with van der Waals surface area (Å²) in [6, 6.07) is 10.2. The predicted molar refractivity (Wildman–Crippen MR) is 118 cm³/mol. The van der Waals surface area contributed by atoms with Gasteiger partial charge in [-0.1, -0.05) is 18.2 Å². The number of hydrogen-bond donors (Lipinski definition) is 2. The molecule has 9 heteroatoms. The molecule has 4 aromatic rings. The van der Waals surface area contributed by atoms with Gasteiger partial charge in [0.25, 0.3) is 0 Å². The van der Waals surface area contributed by atoms with Crippen molar-refractivity contribution in [1.29, 1.82) is 0 Å². The van der Waals surface area contributed by atoms with Gasteiger partial charge in [0.05, 0.1) is 11.1 Å². The molecule has 1 aliphatic rings. The number of nitrogens with one attached hydrogen (secondary N) is 2. The van der Waals surface area contributed by atoms with Gasteiger partial charge in [0.1, 0.15) is 17.0 Å². The molecular formula is C19H20Cl2N6S. The molecule has 1 aromatic carbocycles. The van der Waals surface area contributed by atoms with Crippen LogP contribution in [0, 0.1) is 0 Å². The predicted octanol–water partition coefficient (Wildman–Crippen LogP) is 3.98. The van der Waals surface area contributed by atoms with Crippen LogP contribution in [-0.2, 0) is 19.5 Å². The molecule has 28 heavy (non-hydrogen) atoms. The molecule has 2 N–H and O–H groups in total. The standard InChI is InChI=1S/C19H18N6S.2ClH/c1-2-5-15(25-9-3-7-24-25)13(4-1)10-21-18-17-14-6-8-20-11-16(14)26-19(17)23-12-22-18;;/h1-5,7,9,12,20H,6,8,10-11H2,(H,21,22,23);2*1H. The van der Waals surface area contributed by atoms with E-state index in [1.807, 2.05) is 23.0 Å². The Morgan fingerprint density at radius 3 is 2.89 bits per heavy atom. The van der Waals surface area contributed by atoms with Gasteiger partial charge in [0, 0.05) is 30.4 Å². The van der Waals surface area contributed by atoms with E-state index in [9.17, 15) is 0 Å². The van der Waals surface area contributed by atoms with Crippen LogP contribution in [0.2, 0.25) is 0 Å². The number of aromatic nitrogens is 4. The summed E-state index contributed by atoms with van der Waals surface area (Å²) < 4.78 is 1.89. The highest BCUT2D eigenvalue weighted by Crippen LogP contribution is 2.35. The third kappa shape index (κ3) is 3.71. The number of nitrogens with zero attached hydrogens (tertiary/aromatic N) is 4. The lowest BCUT2D eigenvalue weighted by Crippen LogP contribution is -2.22. The Hall–Kier alpha value is -2.19. The Labute approximate surface area is 179 Å². The fourth-order valence-corrected chi connectivity index (χ4v) is 4.62. The normalized spacial score (nSPS) is 12.7. The van der Waals surface area contributed by atoms with Gasteiger partial charge in [0.15, 0.2) is 0 Å². The average Bonchev–Trinajstić information content (AvgIpc) is 3.34. The molecule has 6 nitrogen and oxygen atoms in total. The second-order valence-electron chi connectivity index (χ2n) is 6.27. The molecule has 0 atom stereocenters. The summed E-state index contributed by atoms with van der Waals surface area (Å²) >= 11 is 1.77. The van der Waals surface area contributed by atoms with Crippen LogP contribution in [0.3, 0.4) is 0 Å². The molecule has 0 fully saturated rings. The van der Waals surface area contributed by atoms with Crippen LogP contribution in [0.4, 0.5) is 5.82 Å². The number of anilines is 1. The van der Waals surface area contributed by atoms with Crippen molar-refractivity contribution < 1.29 is 0 Å². The van der Waals surface area contributed by atoms with Crippen LogP contribution in [0.1, 0.15) is 16.0 Å². The maximum absolute atomic E-state index is 4.54. The summed E-state index contributed by atoms with van der Waals surface area (Å²) in [5.41, 5.74) is 3.65. The Morgan fingerprint density at radius 2 is 2.04 bits per heavy atom. The maximum Gasteiger partial charge on any atom is 0.138 e. The first-order valence-corrected chi connectivity index (χ1v) is 9.49. The van der Waals surface area contributed by atoms with E-state index in [1.54, 1.807) is 23.9 Å². The molecule has 0 amide bonds. The first-order valence-electron chi connectivity index (χ1n) is 8.68. The highest BCUT2D eigenvalue weighted by atomic mass is 35.5. The molecule has 0 saturated heterocycles. The van der Waals surface area contributed by atoms with Crippen LogP contribution in [-0.4, -0.2) is 26.3 Å². The summed E-state index contributed by atoms with van der Waals surface area (Å²) in [6.07, 6.45) is 6.44. The van der Waals surface area contributed by atoms with Crippen molar-refractivity contribution in [2.45, 2.75) is 19.5 Å². The maximum atomic E-state index is 4.54. The van der Waals surface area contributed by atoms with Crippen molar-refractivity contribution in [2.24, 2.45) is 0 Å². The Morgan fingerprint density at radius 1 is 1.14 bits per heavy atom. The van der Waals surface area contributed by atoms with Gasteiger partial charge in [-0.2, -0.15) is 5.10 Å². The van der Waals surface area contributed by atoms with E-state index in [2.05, 4.69) is 43.9 Å². The van der Waals surface area contributed by atoms with Gasteiger partial charge in [0.2, 0.25) is 0 Å². The monoisotopic (exact) mass is 434 g/mol. The number of thiophene rings is 1. The molecular weight excluding hydrogens is 415 g/mol. The molecule has 0 aliphatic carbocycles. The quantitative estimate of drug-likeness (QED) is 0.508. The van der Waals surface area contributed by atoms with E-state index >= 15 is 0 Å². The third-order valence-corrected chi connectivity index (χ3v) is 5.84. The minimum absolute atomic E-state index is 0. The summed E-state index contributed by atoms with van der Waals surface area (Å²) in [5.74, 6) is 0.921. The lowest BCUT2D eigenvalue weighted by molar-refractivity contribution is 0.657. The molecule has 0 unspecified atom stereocenters. The number of benzene rings is 1. The molecule has 0 radical (unpaired) electrons. The van der Waals surface area contributed by atoms with E-state index in [0.717, 1.165) is 35.8 Å². The van der Waals surface area contributed by atoms with E-state index in [0.29, 0.717) is 6.54 Å². The van der Waals surface area contributed by atoms with Crippen LogP contribution in [0.5, 0.6) is 0 Å². The highest BCUT2D eigenvalue weighted by Gasteiger charge is 2.19. The Balaban J connectivity index is 0.00000112. The van der Waals surface area contributed by atoms with Crippen molar-refractivity contribution in [3.63, 3.8) is 0 Å². The minimum atomic E-state index is 0. The number of hydrogen-bond acceptors (Lipinski definition) is 6. The Bertz CT molecular complexity index is 1060. The fourth-order valence-electron chi connectivity index (χ4n) is 3.47. The molecule has 0 bridgehead atoms. The lowest BCUT2D eigenvalue weighted by Gasteiger charge is -2.14. The number of halogens is 2. The Kier molecular flexibility index (Phi) is 6.51. The number of fused-ring (bicyclic) bond motifs is 3. The highest BCUT2D eigenvalue weighted by molar-refractivity contribution is 7.18. The second-order valence-corrected chi connectivity index (χ2v) is 7.35. The topological polar surface area (TPSA) is 67.7 Å². The molecule has 3 aromatic heterocycles. The molecule has 4 heterocycles. The summed E-state index contributed by atoms with van der Waals surface area (Å²) in [5, 5.41) is 12.5. The zero-order chi connectivity index (χ0) is 17.3. The largest absolute Gasteiger partial charge is 0.365 e.